The van der Waals surface area contributed by atoms with Crippen LogP contribution in [-0.4, -0.2) is 79.2 Å². The number of thioether (sulfide) groups is 1. The summed E-state index contributed by atoms with van der Waals surface area (Å²) in [5.41, 5.74) is 3.79. The van der Waals surface area contributed by atoms with Gasteiger partial charge in [0.25, 0.3) is 0 Å². The van der Waals surface area contributed by atoms with E-state index >= 15 is 0 Å². The predicted octanol–water partition coefficient (Wildman–Crippen LogP) is 4.58. The van der Waals surface area contributed by atoms with Crippen LogP contribution in [0.2, 0.25) is 0 Å². The molecule has 1 atom stereocenters. The Morgan fingerprint density at radius 3 is 2.46 bits per heavy atom. The van der Waals surface area contributed by atoms with Crippen molar-refractivity contribution in [2.24, 2.45) is 4.99 Å². The molecule has 41 heavy (non-hydrogen) atoms. The van der Waals surface area contributed by atoms with Gasteiger partial charge in [-0.3, -0.25) is 4.79 Å². The summed E-state index contributed by atoms with van der Waals surface area (Å²) in [6, 6.07) is 15.1. The number of ether oxygens (including phenoxy) is 3. The van der Waals surface area contributed by atoms with E-state index in [4.69, 9.17) is 19.2 Å². The first kappa shape index (κ1) is 28.8. The first-order valence-corrected chi connectivity index (χ1v) is 14.7. The SMILES string of the molecule is CCC1=C(C(=O)OC)[C@@H](c2ccc(OCc3ccccc3)c(OC)c2)N2C(CC(=O)N3CCN(C)CC3)=CSC2=N1. The number of allylic oxidation sites excluding steroid dienone is 1. The van der Waals surface area contributed by atoms with Crippen molar-refractivity contribution in [1.82, 2.24) is 14.7 Å². The number of amidine groups is 1. The smallest absolute Gasteiger partial charge is 0.338 e. The predicted molar refractivity (Wildman–Crippen MR) is 159 cm³/mol. The highest BCUT2D eigenvalue weighted by Crippen LogP contribution is 2.47. The molecule has 3 heterocycles. The zero-order valence-electron chi connectivity index (χ0n) is 24.0. The lowest BCUT2D eigenvalue weighted by molar-refractivity contribution is -0.136. The molecule has 0 bridgehead atoms. The van der Waals surface area contributed by atoms with Crippen molar-refractivity contribution in [2.75, 3.05) is 47.4 Å². The number of esters is 1. The third-order valence-corrected chi connectivity index (χ3v) is 8.45. The van der Waals surface area contributed by atoms with Crippen molar-refractivity contribution in [2.45, 2.75) is 32.4 Å². The Morgan fingerprint density at radius 2 is 1.78 bits per heavy atom. The molecule has 0 saturated carbocycles. The van der Waals surface area contributed by atoms with E-state index in [9.17, 15) is 9.59 Å². The first-order chi connectivity index (χ1) is 19.9. The second-order valence-corrected chi connectivity index (χ2v) is 11.0. The summed E-state index contributed by atoms with van der Waals surface area (Å²) in [6.07, 6.45) is 0.779. The second-order valence-electron chi connectivity index (χ2n) is 10.1. The fourth-order valence-corrected chi connectivity index (χ4v) is 6.20. The zero-order chi connectivity index (χ0) is 28.9. The Kier molecular flexibility index (Phi) is 8.99. The van der Waals surface area contributed by atoms with Crippen LogP contribution >= 0.6 is 11.8 Å². The summed E-state index contributed by atoms with van der Waals surface area (Å²) in [7, 11) is 5.05. The first-order valence-electron chi connectivity index (χ1n) is 13.8. The normalized spacial score (nSPS) is 19.0. The van der Waals surface area contributed by atoms with E-state index in [1.54, 1.807) is 7.11 Å². The number of aliphatic imine (C=N–C) groups is 1. The van der Waals surface area contributed by atoms with E-state index in [0.717, 1.165) is 35.1 Å². The van der Waals surface area contributed by atoms with Gasteiger partial charge >= 0.3 is 5.97 Å². The Balaban J connectivity index is 1.47. The number of fused-ring (bicyclic) bond motifs is 1. The molecule has 0 N–H and O–H groups in total. The van der Waals surface area contributed by atoms with E-state index in [0.29, 0.717) is 48.9 Å². The number of hydrogen-bond donors (Lipinski definition) is 0. The van der Waals surface area contributed by atoms with Crippen LogP contribution in [0.4, 0.5) is 0 Å². The number of carbonyl (C=O) groups excluding carboxylic acids is 2. The van der Waals surface area contributed by atoms with Crippen LogP contribution < -0.4 is 9.47 Å². The molecule has 5 rings (SSSR count). The van der Waals surface area contributed by atoms with Gasteiger partial charge < -0.3 is 28.9 Å². The lowest BCUT2D eigenvalue weighted by Gasteiger charge is -2.37. The number of amides is 1. The van der Waals surface area contributed by atoms with E-state index < -0.39 is 12.0 Å². The largest absolute Gasteiger partial charge is 0.493 e. The molecule has 0 aromatic heterocycles. The van der Waals surface area contributed by atoms with Crippen LogP contribution in [0.25, 0.3) is 0 Å². The fraction of sp³-hybridized carbons (Fsp3) is 0.387. The van der Waals surface area contributed by atoms with Crippen LogP contribution in [0.1, 0.15) is 36.9 Å². The van der Waals surface area contributed by atoms with Gasteiger partial charge in [0.1, 0.15) is 6.61 Å². The highest BCUT2D eigenvalue weighted by molar-refractivity contribution is 8.16. The van der Waals surface area contributed by atoms with Gasteiger partial charge in [0.2, 0.25) is 5.91 Å². The van der Waals surface area contributed by atoms with Gasteiger partial charge in [0.05, 0.1) is 38.0 Å². The molecule has 1 fully saturated rings. The van der Waals surface area contributed by atoms with Gasteiger partial charge in [-0.25, -0.2) is 9.79 Å². The molecule has 2 aromatic rings. The van der Waals surface area contributed by atoms with Crippen molar-refractivity contribution in [1.29, 1.82) is 0 Å². The van der Waals surface area contributed by atoms with Crippen molar-refractivity contribution >= 4 is 28.8 Å². The van der Waals surface area contributed by atoms with Gasteiger partial charge in [0.15, 0.2) is 16.7 Å². The molecule has 10 heteroatoms. The van der Waals surface area contributed by atoms with E-state index in [1.165, 1.54) is 18.9 Å². The molecule has 0 unspecified atom stereocenters. The Hall–Kier alpha value is -3.76. The number of rotatable bonds is 9. The lowest BCUT2D eigenvalue weighted by atomic mass is 9.92. The molecule has 9 nitrogen and oxygen atoms in total. The summed E-state index contributed by atoms with van der Waals surface area (Å²) in [4.78, 5) is 37.6. The summed E-state index contributed by atoms with van der Waals surface area (Å²) in [5, 5.41) is 2.71. The maximum absolute atomic E-state index is 13.4. The summed E-state index contributed by atoms with van der Waals surface area (Å²) < 4.78 is 17.1. The minimum absolute atomic E-state index is 0.0667. The molecule has 3 aliphatic heterocycles. The van der Waals surface area contributed by atoms with Crippen molar-refractivity contribution in [3.63, 3.8) is 0 Å². The summed E-state index contributed by atoms with van der Waals surface area (Å²) in [5.74, 6) is 0.772. The topological polar surface area (TPSA) is 83.9 Å². The highest BCUT2D eigenvalue weighted by Gasteiger charge is 2.42. The second kappa shape index (κ2) is 12.8. The van der Waals surface area contributed by atoms with Crippen molar-refractivity contribution < 1.29 is 23.8 Å². The van der Waals surface area contributed by atoms with Crippen LogP contribution in [0.3, 0.4) is 0 Å². The number of likely N-dealkylation sites (N-methyl/N-ethyl adjacent to an activating group) is 1. The third-order valence-electron chi connectivity index (χ3n) is 7.56. The highest BCUT2D eigenvalue weighted by atomic mass is 32.2. The van der Waals surface area contributed by atoms with Gasteiger partial charge in [-0.1, -0.05) is 55.1 Å². The van der Waals surface area contributed by atoms with E-state index in [-0.39, 0.29) is 12.3 Å². The van der Waals surface area contributed by atoms with Gasteiger partial charge in [0, 0.05) is 31.9 Å². The number of methoxy groups -OCH3 is 2. The average Bonchev–Trinajstić information content (AvgIpc) is 3.41. The van der Waals surface area contributed by atoms with Crippen LogP contribution in [0.5, 0.6) is 11.5 Å². The average molecular weight is 577 g/mol. The quantitative estimate of drug-likeness (QED) is 0.402. The van der Waals surface area contributed by atoms with Crippen molar-refractivity contribution in [3.05, 3.63) is 82.0 Å². The molecule has 1 saturated heterocycles. The Morgan fingerprint density at radius 1 is 1.02 bits per heavy atom. The van der Waals surface area contributed by atoms with E-state index in [1.807, 2.05) is 70.7 Å². The molecule has 0 aliphatic carbocycles. The fourth-order valence-electron chi connectivity index (χ4n) is 5.26. The lowest BCUT2D eigenvalue weighted by Crippen LogP contribution is -2.47. The number of nitrogens with zero attached hydrogens (tertiary/aromatic N) is 4. The van der Waals surface area contributed by atoms with Crippen LogP contribution in [0, 0.1) is 0 Å². The molecule has 0 radical (unpaired) electrons. The molecule has 216 valence electrons. The molecule has 0 spiro atoms. The number of piperazine rings is 1. The minimum Gasteiger partial charge on any atom is -0.493 e. The molecule has 3 aliphatic rings. The maximum atomic E-state index is 13.4. The van der Waals surface area contributed by atoms with Gasteiger partial charge in [-0.15, -0.1) is 0 Å². The standard InChI is InChI=1S/C31H36N4O5S/c1-5-24-28(30(37)39-4)29(22-11-12-25(26(17-22)38-3)40-19-21-9-7-6-8-10-21)35-23(20-41-31(35)32-24)18-27(36)34-15-13-33(2)14-16-34/h6-12,17,20,29H,5,13-16,18-19H2,1-4H3/t29-/m1/s1. The maximum Gasteiger partial charge on any atom is 0.338 e. The molecular weight excluding hydrogens is 540 g/mol. The zero-order valence-corrected chi connectivity index (χ0v) is 24.8. The molecule has 2 aromatic carbocycles. The van der Waals surface area contributed by atoms with Crippen LogP contribution in [-0.2, 0) is 20.9 Å². The monoisotopic (exact) mass is 576 g/mol. The number of carbonyl (C=O) groups is 2. The van der Waals surface area contributed by atoms with Crippen LogP contribution in [0.15, 0.2) is 75.9 Å². The minimum atomic E-state index is -0.538. The van der Waals surface area contributed by atoms with E-state index in [2.05, 4.69) is 11.9 Å². The Bertz CT molecular complexity index is 1380. The van der Waals surface area contributed by atoms with Gasteiger partial charge in [-0.05, 0) is 42.1 Å². The third kappa shape index (κ3) is 6.13. The number of benzene rings is 2. The summed E-state index contributed by atoms with van der Waals surface area (Å²) in [6.45, 7) is 5.48. The summed E-state index contributed by atoms with van der Waals surface area (Å²) >= 11 is 1.47. The van der Waals surface area contributed by atoms with Gasteiger partial charge in [-0.2, -0.15) is 0 Å². The van der Waals surface area contributed by atoms with Crippen molar-refractivity contribution in [3.8, 4) is 11.5 Å². The molecule has 1 amide bonds. The molecular formula is C31H36N4O5S. The Labute approximate surface area is 245 Å². The number of hydrogen-bond acceptors (Lipinski definition) is 9.